The highest BCUT2D eigenvalue weighted by Crippen LogP contribution is 2.70. The van der Waals surface area contributed by atoms with Gasteiger partial charge in [-0.1, -0.05) is 26.3 Å². The highest BCUT2D eigenvalue weighted by atomic mass is 16.6. The summed E-state index contributed by atoms with van der Waals surface area (Å²) in [4.78, 5) is 10.7. The number of carbonyl (C=O) groups excluding carboxylic acids is 1. The fourth-order valence-electron chi connectivity index (χ4n) is 5.84. The Hall–Kier alpha value is -0.630. The quantitative estimate of drug-likeness (QED) is 0.419. The summed E-state index contributed by atoms with van der Waals surface area (Å²) in [6.07, 6.45) is 10.6. The lowest BCUT2D eigenvalue weighted by Gasteiger charge is -2.59. The number of hydrogen-bond acceptors (Lipinski definition) is 2. The fourth-order valence-corrected chi connectivity index (χ4v) is 5.84. The summed E-state index contributed by atoms with van der Waals surface area (Å²) in [5.74, 6) is 1.50. The zero-order valence-corrected chi connectivity index (χ0v) is 14.9. The van der Waals surface area contributed by atoms with Crippen LogP contribution in [0.2, 0.25) is 0 Å². The van der Waals surface area contributed by atoms with Gasteiger partial charge in [0.05, 0.1) is 11.7 Å². The van der Waals surface area contributed by atoms with Crippen molar-refractivity contribution in [2.45, 2.75) is 84.8 Å². The molecule has 0 radical (unpaired) electrons. The molecule has 124 valence electrons. The lowest BCUT2D eigenvalue weighted by molar-refractivity contribution is -0.104. The van der Waals surface area contributed by atoms with Gasteiger partial charge in [0.25, 0.3) is 0 Å². The van der Waals surface area contributed by atoms with Crippen molar-refractivity contribution in [2.75, 3.05) is 0 Å². The molecule has 22 heavy (non-hydrogen) atoms. The fraction of sp³-hybridized carbons (Fsp3) is 0.850. The Morgan fingerprint density at radius 2 is 1.95 bits per heavy atom. The van der Waals surface area contributed by atoms with E-state index in [1.807, 2.05) is 0 Å². The maximum absolute atomic E-state index is 10.7. The molecule has 3 rings (SSSR count). The van der Waals surface area contributed by atoms with Crippen molar-refractivity contribution in [3.05, 3.63) is 11.6 Å². The number of epoxide rings is 1. The average molecular weight is 304 g/mol. The van der Waals surface area contributed by atoms with Crippen molar-refractivity contribution < 1.29 is 9.53 Å². The molecular formula is C20H32O2. The van der Waals surface area contributed by atoms with Gasteiger partial charge in [-0.3, -0.25) is 4.79 Å². The van der Waals surface area contributed by atoms with Crippen molar-refractivity contribution in [3.8, 4) is 0 Å². The molecule has 0 aromatic rings. The van der Waals surface area contributed by atoms with E-state index < -0.39 is 0 Å². The minimum absolute atomic E-state index is 0.130. The summed E-state index contributed by atoms with van der Waals surface area (Å²) in [6, 6.07) is 0. The summed E-state index contributed by atoms with van der Waals surface area (Å²) >= 11 is 0. The molecule has 2 saturated carbocycles. The Labute approximate surface area is 135 Å². The van der Waals surface area contributed by atoms with Crippen LogP contribution in [0.3, 0.4) is 0 Å². The monoisotopic (exact) mass is 304 g/mol. The first kappa shape index (κ1) is 16.2. The van der Waals surface area contributed by atoms with E-state index in [1.165, 1.54) is 37.7 Å². The number of carbonyl (C=O) groups is 1. The normalized spacial score (nSPS) is 51.0. The van der Waals surface area contributed by atoms with Gasteiger partial charge in [-0.2, -0.15) is 0 Å². The van der Waals surface area contributed by atoms with Crippen molar-refractivity contribution in [1.29, 1.82) is 0 Å². The van der Waals surface area contributed by atoms with E-state index in [0.717, 1.165) is 24.5 Å². The van der Waals surface area contributed by atoms with Gasteiger partial charge in [0, 0.05) is 5.41 Å². The SMILES string of the molecule is C/C(=C/C=O)CC[C@@]1(C)[C@H](C)CC[C@]2(C)[C@@H]1CC[C@H]1O[C@]12C. The summed E-state index contributed by atoms with van der Waals surface area (Å²) in [7, 11) is 0. The van der Waals surface area contributed by atoms with Gasteiger partial charge in [-0.05, 0) is 75.7 Å². The van der Waals surface area contributed by atoms with Gasteiger partial charge in [0.2, 0.25) is 0 Å². The van der Waals surface area contributed by atoms with E-state index in [0.29, 0.717) is 16.9 Å². The Kier molecular flexibility index (Phi) is 3.83. The van der Waals surface area contributed by atoms with Gasteiger partial charge in [-0.15, -0.1) is 0 Å². The summed E-state index contributed by atoms with van der Waals surface area (Å²) in [6.45, 7) is 11.9. The number of hydrogen-bond donors (Lipinski definition) is 0. The number of allylic oxidation sites excluding steroid dienone is 2. The molecule has 0 bridgehead atoms. The molecule has 2 heteroatoms. The molecule has 0 spiro atoms. The van der Waals surface area contributed by atoms with Gasteiger partial charge in [0.15, 0.2) is 0 Å². The lowest BCUT2D eigenvalue weighted by atomic mass is 9.44. The Morgan fingerprint density at radius 1 is 1.23 bits per heavy atom. The molecule has 0 aromatic carbocycles. The maximum atomic E-state index is 10.7. The number of ether oxygens (including phenoxy) is 1. The topological polar surface area (TPSA) is 29.6 Å². The molecule has 1 aliphatic heterocycles. The lowest BCUT2D eigenvalue weighted by Crippen LogP contribution is -2.56. The van der Waals surface area contributed by atoms with Crippen molar-refractivity contribution in [2.24, 2.45) is 22.7 Å². The van der Waals surface area contributed by atoms with E-state index in [2.05, 4.69) is 34.6 Å². The van der Waals surface area contributed by atoms with Crippen molar-refractivity contribution in [3.63, 3.8) is 0 Å². The first-order valence-electron chi connectivity index (χ1n) is 9.06. The molecule has 2 nitrogen and oxygen atoms in total. The molecule has 0 aromatic heterocycles. The third kappa shape index (κ3) is 2.13. The highest BCUT2D eigenvalue weighted by Gasteiger charge is 2.71. The molecule has 6 atom stereocenters. The van der Waals surface area contributed by atoms with Crippen molar-refractivity contribution >= 4 is 6.29 Å². The maximum Gasteiger partial charge on any atom is 0.142 e. The van der Waals surface area contributed by atoms with Crippen LogP contribution < -0.4 is 0 Å². The van der Waals surface area contributed by atoms with Crippen LogP contribution in [0.5, 0.6) is 0 Å². The smallest absolute Gasteiger partial charge is 0.142 e. The Morgan fingerprint density at radius 3 is 2.64 bits per heavy atom. The van der Waals surface area contributed by atoms with E-state index in [1.54, 1.807) is 6.08 Å². The van der Waals surface area contributed by atoms with Gasteiger partial charge in [-0.25, -0.2) is 0 Å². The first-order chi connectivity index (χ1) is 10.3. The van der Waals surface area contributed by atoms with E-state index in [9.17, 15) is 4.79 Å². The molecule has 0 N–H and O–H groups in total. The second-order valence-corrected chi connectivity index (χ2v) is 8.86. The van der Waals surface area contributed by atoms with E-state index >= 15 is 0 Å². The largest absolute Gasteiger partial charge is 0.366 e. The van der Waals surface area contributed by atoms with Crippen LogP contribution in [-0.2, 0) is 9.53 Å². The molecule has 2 aliphatic carbocycles. The van der Waals surface area contributed by atoms with Crippen LogP contribution in [0.25, 0.3) is 0 Å². The minimum atomic E-state index is 0.130. The zero-order valence-electron chi connectivity index (χ0n) is 14.9. The molecule has 1 heterocycles. The Bertz CT molecular complexity index is 496. The van der Waals surface area contributed by atoms with Crippen LogP contribution in [-0.4, -0.2) is 18.0 Å². The van der Waals surface area contributed by atoms with Crippen LogP contribution in [0.1, 0.15) is 73.1 Å². The zero-order chi connectivity index (χ0) is 16.2. The van der Waals surface area contributed by atoms with Crippen LogP contribution in [0.15, 0.2) is 11.6 Å². The summed E-state index contributed by atoms with van der Waals surface area (Å²) < 4.78 is 6.17. The van der Waals surface area contributed by atoms with E-state index in [4.69, 9.17) is 4.74 Å². The molecule has 1 saturated heterocycles. The van der Waals surface area contributed by atoms with Crippen molar-refractivity contribution in [1.82, 2.24) is 0 Å². The van der Waals surface area contributed by atoms with Gasteiger partial charge < -0.3 is 4.74 Å². The first-order valence-corrected chi connectivity index (χ1v) is 9.06. The third-order valence-corrected chi connectivity index (χ3v) is 7.99. The predicted molar refractivity (Wildman–Crippen MR) is 89.7 cm³/mol. The average Bonchev–Trinajstić information content (AvgIpc) is 3.15. The summed E-state index contributed by atoms with van der Waals surface area (Å²) in [5.41, 5.74) is 2.05. The number of rotatable bonds is 4. The summed E-state index contributed by atoms with van der Waals surface area (Å²) in [5, 5.41) is 0. The minimum Gasteiger partial charge on any atom is -0.366 e. The standard InChI is InChI=1S/C20H32O2/c1-14(10-13-21)8-11-18(3)15(2)9-12-19(4)16(18)6-7-17-20(19,5)22-17/h10,13,15-17H,6-9,11-12H2,1-5H3/b14-10-/t15-,16-,17-,18+,19-,20-/m1/s1. The second-order valence-electron chi connectivity index (χ2n) is 8.86. The van der Waals surface area contributed by atoms with Crippen LogP contribution in [0.4, 0.5) is 0 Å². The molecule has 0 unspecified atom stereocenters. The second kappa shape index (κ2) is 5.19. The predicted octanol–water partition coefficient (Wildman–Crippen LogP) is 4.92. The molecule has 3 fully saturated rings. The van der Waals surface area contributed by atoms with Crippen LogP contribution in [0, 0.1) is 22.7 Å². The van der Waals surface area contributed by atoms with Crippen LogP contribution >= 0.6 is 0 Å². The van der Waals surface area contributed by atoms with E-state index in [-0.39, 0.29) is 5.60 Å². The van der Waals surface area contributed by atoms with Gasteiger partial charge >= 0.3 is 0 Å². The highest BCUT2D eigenvalue weighted by molar-refractivity contribution is 5.65. The molecule has 3 aliphatic rings. The van der Waals surface area contributed by atoms with Gasteiger partial charge in [0.1, 0.15) is 6.29 Å². The third-order valence-electron chi connectivity index (χ3n) is 7.99. The molecular weight excluding hydrogens is 272 g/mol. The molecule has 0 amide bonds. The Balaban J connectivity index is 1.85. The number of fused-ring (bicyclic) bond motifs is 3. The number of aldehydes is 1.